The fourth-order valence-electron chi connectivity index (χ4n) is 4.49. The molecule has 1 N–H and O–H groups in total. The van der Waals surface area contributed by atoms with Gasteiger partial charge >= 0.3 is 5.97 Å². The molecule has 180 valence electrons. The SMILES string of the molecule is CCOC(=O)c1c(C)c(CCC(=O)NCCN2CCN(c3ccccc3F)CC2)n(C)c1C. The molecular formula is C25H35FN4O3. The number of esters is 1. The smallest absolute Gasteiger partial charge is 0.340 e. The lowest BCUT2D eigenvalue weighted by molar-refractivity contribution is -0.121. The average molecular weight is 459 g/mol. The maximum absolute atomic E-state index is 14.0. The minimum Gasteiger partial charge on any atom is -0.462 e. The average Bonchev–Trinajstić information content (AvgIpc) is 3.01. The highest BCUT2D eigenvalue weighted by atomic mass is 19.1. The monoisotopic (exact) mass is 458 g/mol. The Kier molecular flexibility index (Phi) is 8.49. The van der Waals surface area contributed by atoms with Crippen molar-refractivity contribution in [1.82, 2.24) is 14.8 Å². The molecule has 0 radical (unpaired) electrons. The second kappa shape index (κ2) is 11.3. The molecule has 33 heavy (non-hydrogen) atoms. The summed E-state index contributed by atoms with van der Waals surface area (Å²) in [6.07, 6.45) is 0.928. The topological polar surface area (TPSA) is 66.8 Å². The molecule has 1 aliphatic heterocycles. The highest BCUT2D eigenvalue weighted by molar-refractivity contribution is 5.93. The molecule has 8 heteroatoms. The van der Waals surface area contributed by atoms with Crippen molar-refractivity contribution in [2.24, 2.45) is 7.05 Å². The number of hydrogen-bond acceptors (Lipinski definition) is 5. The molecule has 1 aliphatic rings. The van der Waals surface area contributed by atoms with Crippen molar-refractivity contribution < 1.29 is 18.7 Å². The predicted molar refractivity (Wildman–Crippen MR) is 127 cm³/mol. The number of ether oxygens (including phenoxy) is 1. The van der Waals surface area contributed by atoms with Crippen molar-refractivity contribution in [3.63, 3.8) is 0 Å². The van der Waals surface area contributed by atoms with Gasteiger partial charge in [0, 0.05) is 64.1 Å². The lowest BCUT2D eigenvalue weighted by Gasteiger charge is -2.36. The van der Waals surface area contributed by atoms with Crippen molar-refractivity contribution in [2.75, 3.05) is 50.8 Å². The third-order valence-corrected chi connectivity index (χ3v) is 6.46. The summed E-state index contributed by atoms with van der Waals surface area (Å²) in [4.78, 5) is 29.0. The molecule has 1 fully saturated rings. The van der Waals surface area contributed by atoms with E-state index in [9.17, 15) is 14.0 Å². The van der Waals surface area contributed by atoms with Crippen LogP contribution in [0, 0.1) is 19.7 Å². The first kappa shape index (κ1) is 24.8. The standard InChI is InChI=1S/C25H35FN4O3/c1-5-33-25(32)24-18(2)21(28(4)19(24)3)10-11-23(31)27-12-13-29-14-16-30(17-15-29)22-9-7-6-8-20(22)26/h6-9H,5,10-17H2,1-4H3,(H,27,31). The number of para-hydroxylation sites is 1. The van der Waals surface area contributed by atoms with Crippen LogP contribution in [-0.2, 0) is 23.0 Å². The fraction of sp³-hybridized carbons (Fsp3) is 0.520. The number of piperazine rings is 1. The second-order valence-corrected chi connectivity index (χ2v) is 8.44. The molecule has 0 atom stereocenters. The van der Waals surface area contributed by atoms with E-state index < -0.39 is 0 Å². The minimum absolute atomic E-state index is 0.00377. The molecule has 0 aliphatic carbocycles. The Morgan fingerprint density at radius 2 is 1.82 bits per heavy atom. The summed E-state index contributed by atoms with van der Waals surface area (Å²) in [7, 11) is 1.92. The Morgan fingerprint density at radius 3 is 2.48 bits per heavy atom. The number of benzene rings is 1. The van der Waals surface area contributed by atoms with Crippen molar-refractivity contribution in [1.29, 1.82) is 0 Å². The molecule has 0 bridgehead atoms. The van der Waals surface area contributed by atoms with E-state index in [0.29, 0.717) is 37.2 Å². The van der Waals surface area contributed by atoms with Gasteiger partial charge in [-0.3, -0.25) is 9.69 Å². The first-order valence-electron chi connectivity index (χ1n) is 11.6. The maximum Gasteiger partial charge on any atom is 0.340 e. The van der Waals surface area contributed by atoms with Gasteiger partial charge in [-0.15, -0.1) is 0 Å². The third-order valence-electron chi connectivity index (χ3n) is 6.46. The van der Waals surface area contributed by atoms with Crippen LogP contribution in [0.15, 0.2) is 24.3 Å². The second-order valence-electron chi connectivity index (χ2n) is 8.44. The molecule has 0 spiro atoms. The fourth-order valence-corrected chi connectivity index (χ4v) is 4.49. The van der Waals surface area contributed by atoms with Crippen LogP contribution in [0.5, 0.6) is 0 Å². The number of carbonyl (C=O) groups is 2. The molecule has 1 aromatic heterocycles. The van der Waals surface area contributed by atoms with Gasteiger partial charge in [-0.25, -0.2) is 9.18 Å². The number of anilines is 1. The van der Waals surface area contributed by atoms with Gasteiger partial charge in [0.05, 0.1) is 17.9 Å². The zero-order valence-electron chi connectivity index (χ0n) is 20.1. The van der Waals surface area contributed by atoms with Gasteiger partial charge in [-0.2, -0.15) is 0 Å². The molecular weight excluding hydrogens is 423 g/mol. The summed E-state index contributed by atoms with van der Waals surface area (Å²) >= 11 is 0. The number of hydrogen-bond donors (Lipinski definition) is 1. The molecule has 3 rings (SSSR count). The van der Waals surface area contributed by atoms with Crippen LogP contribution >= 0.6 is 0 Å². The number of carbonyl (C=O) groups excluding carboxylic acids is 2. The van der Waals surface area contributed by atoms with Gasteiger partial charge < -0.3 is 19.5 Å². The third kappa shape index (κ3) is 5.93. The van der Waals surface area contributed by atoms with E-state index in [-0.39, 0.29) is 17.7 Å². The Labute approximate surface area is 195 Å². The van der Waals surface area contributed by atoms with E-state index in [2.05, 4.69) is 15.1 Å². The van der Waals surface area contributed by atoms with Crippen LogP contribution < -0.4 is 10.2 Å². The molecule has 1 amide bonds. The number of aromatic nitrogens is 1. The summed E-state index contributed by atoms with van der Waals surface area (Å²) in [5, 5.41) is 3.00. The Bertz CT molecular complexity index is 980. The van der Waals surface area contributed by atoms with Gasteiger partial charge in [-0.05, 0) is 44.9 Å². The maximum atomic E-state index is 14.0. The number of nitrogens with zero attached hydrogens (tertiary/aromatic N) is 3. The van der Waals surface area contributed by atoms with E-state index in [1.165, 1.54) is 6.07 Å². The number of halogens is 1. The Morgan fingerprint density at radius 1 is 1.12 bits per heavy atom. The van der Waals surface area contributed by atoms with E-state index in [0.717, 1.165) is 49.7 Å². The van der Waals surface area contributed by atoms with E-state index in [4.69, 9.17) is 4.74 Å². The molecule has 2 aromatic rings. The van der Waals surface area contributed by atoms with Gasteiger partial charge in [0.1, 0.15) is 5.82 Å². The predicted octanol–water partition coefficient (Wildman–Crippen LogP) is 2.83. The first-order chi connectivity index (χ1) is 15.8. The van der Waals surface area contributed by atoms with Crippen LogP contribution in [0.25, 0.3) is 0 Å². The first-order valence-corrected chi connectivity index (χ1v) is 11.6. The number of amides is 1. The normalized spacial score (nSPS) is 14.4. The minimum atomic E-state index is -0.311. The van der Waals surface area contributed by atoms with Crippen LogP contribution in [0.1, 0.15) is 40.7 Å². The largest absolute Gasteiger partial charge is 0.462 e. The van der Waals surface area contributed by atoms with E-state index in [1.807, 2.05) is 37.6 Å². The van der Waals surface area contributed by atoms with E-state index in [1.54, 1.807) is 13.0 Å². The molecule has 1 saturated heterocycles. The summed E-state index contributed by atoms with van der Waals surface area (Å²) < 4.78 is 21.1. The zero-order chi connectivity index (χ0) is 24.0. The molecule has 2 heterocycles. The van der Waals surface area contributed by atoms with Crippen LogP contribution in [0.3, 0.4) is 0 Å². The van der Waals surface area contributed by atoms with Gasteiger partial charge in [0.25, 0.3) is 0 Å². The van der Waals surface area contributed by atoms with Crippen LogP contribution in [-0.4, -0.2) is 67.2 Å². The lowest BCUT2D eigenvalue weighted by Crippen LogP contribution is -2.48. The van der Waals surface area contributed by atoms with Crippen molar-refractivity contribution in [3.05, 3.63) is 52.6 Å². The Balaban J connectivity index is 1.42. The summed E-state index contributed by atoms with van der Waals surface area (Å²) in [6.45, 7) is 10.5. The van der Waals surface area contributed by atoms with Crippen LogP contribution in [0.2, 0.25) is 0 Å². The highest BCUT2D eigenvalue weighted by Crippen LogP contribution is 2.23. The Hall–Kier alpha value is -2.87. The van der Waals surface area contributed by atoms with Crippen LogP contribution in [0.4, 0.5) is 10.1 Å². The van der Waals surface area contributed by atoms with E-state index >= 15 is 0 Å². The number of rotatable bonds is 9. The lowest BCUT2D eigenvalue weighted by atomic mass is 10.1. The van der Waals surface area contributed by atoms with Crippen molar-refractivity contribution in [2.45, 2.75) is 33.6 Å². The zero-order valence-corrected chi connectivity index (χ0v) is 20.1. The van der Waals surface area contributed by atoms with Crippen molar-refractivity contribution >= 4 is 17.6 Å². The summed E-state index contributed by atoms with van der Waals surface area (Å²) in [6, 6.07) is 6.87. The quantitative estimate of drug-likeness (QED) is 0.586. The molecule has 0 unspecified atom stereocenters. The summed E-state index contributed by atoms with van der Waals surface area (Å²) in [5.74, 6) is -0.499. The van der Waals surface area contributed by atoms with Gasteiger partial charge in [0.2, 0.25) is 5.91 Å². The molecule has 7 nitrogen and oxygen atoms in total. The molecule has 1 aromatic carbocycles. The molecule has 0 saturated carbocycles. The van der Waals surface area contributed by atoms with Gasteiger partial charge in [0.15, 0.2) is 0 Å². The highest BCUT2D eigenvalue weighted by Gasteiger charge is 2.22. The van der Waals surface area contributed by atoms with Crippen molar-refractivity contribution in [3.8, 4) is 0 Å². The van der Waals surface area contributed by atoms with Gasteiger partial charge in [-0.1, -0.05) is 12.1 Å². The summed E-state index contributed by atoms with van der Waals surface area (Å²) in [5.41, 5.74) is 3.98. The number of nitrogens with one attached hydrogen (secondary N) is 1.